The van der Waals surface area contributed by atoms with Gasteiger partial charge in [-0.05, 0) is 12.1 Å². The summed E-state index contributed by atoms with van der Waals surface area (Å²) in [7, 11) is 1.33. The molecule has 102 valence electrons. The van der Waals surface area contributed by atoms with E-state index in [1.165, 1.54) is 19.2 Å². The number of carboxylic acid groups (broad SMARTS) is 2. The van der Waals surface area contributed by atoms with Crippen LogP contribution in [0.1, 0.15) is 0 Å². The number of nitrogens with one attached hydrogen (secondary N) is 1. The summed E-state index contributed by atoms with van der Waals surface area (Å²) in [6.07, 6.45) is 0.510. The van der Waals surface area contributed by atoms with Crippen LogP contribution in [-0.2, 0) is 9.59 Å². The highest BCUT2D eigenvalue weighted by Gasteiger charge is 2.15. The van der Waals surface area contributed by atoms with Gasteiger partial charge in [0.2, 0.25) is 0 Å². The molecule has 0 fully saturated rings. The molecule has 0 aliphatic carbocycles. The van der Waals surface area contributed by atoms with Crippen molar-refractivity contribution in [2.75, 3.05) is 12.4 Å². The van der Waals surface area contributed by atoms with E-state index in [2.05, 4.69) is 5.32 Å². The van der Waals surface area contributed by atoms with Gasteiger partial charge in [0.05, 0.1) is 23.9 Å². The zero-order valence-corrected chi connectivity index (χ0v) is 11.1. The minimum Gasteiger partial charge on any atom is -0.493 e. The summed E-state index contributed by atoms with van der Waals surface area (Å²) in [6, 6.07) is 2.78. The van der Waals surface area contributed by atoms with Crippen LogP contribution in [0.15, 0.2) is 23.9 Å². The quantitative estimate of drug-likeness (QED) is 0.723. The standard InChI is InChI=1S/C11H9Cl2NO5/c1-19-10-6(13)2-5(12)3-7(10)14-8(11(17)18)4-9(15)16/h2-4,14H,1H3,(H,15,16)(H,17,18)/b8-4-. The van der Waals surface area contributed by atoms with Gasteiger partial charge in [0.1, 0.15) is 5.70 Å². The van der Waals surface area contributed by atoms with Gasteiger partial charge in [-0.3, -0.25) is 0 Å². The van der Waals surface area contributed by atoms with Crippen LogP contribution < -0.4 is 10.1 Å². The summed E-state index contributed by atoms with van der Waals surface area (Å²) in [6.45, 7) is 0. The predicted molar refractivity (Wildman–Crippen MR) is 70.0 cm³/mol. The maximum atomic E-state index is 10.9. The highest BCUT2D eigenvalue weighted by molar-refractivity contribution is 6.36. The van der Waals surface area contributed by atoms with Crippen molar-refractivity contribution in [2.24, 2.45) is 0 Å². The Bertz CT molecular complexity index is 556. The molecule has 0 radical (unpaired) electrons. The Morgan fingerprint density at radius 3 is 2.42 bits per heavy atom. The molecule has 8 heteroatoms. The largest absolute Gasteiger partial charge is 0.493 e. The van der Waals surface area contributed by atoms with Gasteiger partial charge in [0.15, 0.2) is 5.75 Å². The molecule has 0 amide bonds. The van der Waals surface area contributed by atoms with Gasteiger partial charge in [-0.2, -0.15) is 0 Å². The molecular formula is C11H9Cl2NO5. The zero-order chi connectivity index (χ0) is 14.6. The number of aliphatic carboxylic acids is 2. The lowest BCUT2D eigenvalue weighted by atomic mass is 10.2. The fourth-order valence-electron chi connectivity index (χ4n) is 1.28. The number of hydrogen-bond donors (Lipinski definition) is 3. The van der Waals surface area contributed by atoms with Crippen molar-refractivity contribution in [3.8, 4) is 5.75 Å². The molecule has 0 unspecified atom stereocenters. The Morgan fingerprint density at radius 2 is 1.95 bits per heavy atom. The summed E-state index contributed by atoms with van der Waals surface area (Å²) in [5.41, 5.74) is -0.404. The molecule has 0 saturated heterocycles. The average molecular weight is 306 g/mol. The highest BCUT2D eigenvalue weighted by atomic mass is 35.5. The second-order valence-electron chi connectivity index (χ2n) is 3.29. The number of methoxy groups -OCH3 is 1. The van der Waals surface area contributed by atoms with Gasteiger partial charge >= 0.3 is 11.9 Å². The number of benzene rings is 1. The normalized spacial score (nSPS) is 11.0. The fraction of sp³-hybridized carbons (Fsp3) is 0.0909. The Kier molecular flexibility index (Phi) is 5.02. The molecule has 19 heavy (non-hydrogen) atoms. The molecule has 3 N–H and O–H groups in total. The van der Waals surface area contributed by atoms with Crippen molar-refractivity contribution in [1.82, 2.24) is 0 Å². The summed E-state index contributed by atoms with van der Waals surface area (Å²) < 4.78 is 5.00. The SMILES string of the molecule is COc1c(Cl)cc(Cl)cc1N/C(=C\C(=O)O)C(=O)O. The van der Waals surface area contributed by atoms with Gasteiger partial charge in [-0.25, -0.2) is 9.59 Å². The minimum absolute atomic E-state index is 0.148. The number of carboxylic acids is 2. The third kappa shape index (κ3) is 4.04. The number of ether oxygens (including phenoxy) is 1. The summed E-state index contributed by atoms with van der Waals surface area (Å²) in [4.78, 5) is 21.4. The number of anilines is 1. The fourth-order valence-corrected chi connectivity index (χ4v) is 1.85. The van der Waals surface area contributed by atoms with Crippen LogP contribution in [0.2, 0.25) is 10.0 Å². The van der Waals surface area contributed by atoms with E-state index in [0.29, 0.717) is 6.08 Å². The lowest BCUT2D eigenvalue weighted by Gasteiger charge is -2.13. The first-order chi connectivity index (χ1) is 8.85. The molecule has 0 saturated carbocycles. The first kappa shape index (κ1) is 15.1. The summed E-state index contributed by atoms with van der Waals surface area (Å²) in [5, 5.41) is 20.3. The van der Waals surface area contributed by atoms with Gasteiger partial charge in [-0.1, -0.05) is 23.2 Å². The van der Waals surface area contributed by atoms with Gasteiger partial charge in [0, 0.05) is 5.02 Å². The highest BCUT2D eigenvalue weighted by Crippen LogP contribution is 2.36. The lowest BCUT2D eigenvalue weighted by molar-refractivity contribution is -0.134. The van der Waals surface area contributed by atoms with Crippen LogP contribution in [-0.4, -0.2) is 29.3 Å². The van der Waals surface area contributed by atoms with E-state index >= 15 is 0 Å². The Morgan fingerprint density at radius 1 is 1.32 bits per heavy atom. The topological polar surface area (TPSA) is 95.9 Å². The van der Waals surface area contributed by atoms with Crippen LogP contribution in [0, 0.1) is 0 Å². The van der Waals surface area contributed by atoms with Gasteiger partial charge in [-0.15, -0.1) is 0 Å². The molecule has 1 rings (SSSR count). The number of halogens is 2. The van der Waals surface area contributed by atoms with Crippen molar-refractivity contribution in [2.45, 2.75) is 0 Å². The number of carbonyl (C=O) groups is 2. The van der Waals surface area contributed by atoms with Crippen LogP contribution in [0.25, 0.3) is 0 Å². The molecule has 0 atom stereocenters. The van der Waals surface area contributed by atoms with Crippen molar-refractivity contribution < 1.29 is 24.5 Å². The molecule has 0 aliphatic heterocycles. The van der Waals surface area contributed by atoms with E-state index in [9.17, 15) is 9.59 Å². The maximum Gasteiger partial charge on any atom is 0.352 e. The minimum atomic E-state index is -1.44. The van der Waals surface area contributed by atoms with E-state index in [-0.39, 0.29) is 21.5 Å². The molecule has 0 aromatic heterocycles. The van der Waals surface area contributed by atoms with Crippen molar-refractivity contribution in [1.29, 1.82) is 0 Å². The second kappa shape index (κ2) is 6.31. The second-order valence-corrected chi connectivity index (χ2v) is 4.14. The van der Waals surface area contributed by atoms with E-state index in [0.717, 1.165) is 0 Å². The molecule has 0 spiro atoms. The van der Waals surface area contributed by atoms with E-state index < -0.39 is 17.6 Å². The van der Waals surface area contributed by atoms with Crippen LogP contribution in [0.4, 0.5) is 5.69 Å². The number of rotatable bonds is 5. The van der Waals surface area contributed by atoms with Crippen molar-refractivity contribution in [3.05, 3.63) is 34.0 Å². The zero-order valence-electron chi connectivity index (χ0n) is 9.61. The average Bonchev–Trinajstić information content (AvgIpc) is 2.26. The van der Waals surface area contributed by atoms with Crippen molar-refractivity contribution in [3.63, 3.8) is 0 Å². The smallest absolute Gasteiger partial charge is 0.352 e. The molecular weight excluding hydrogens is 297 g/mol. The van der Waals surface area contributed by atoms with Crippen molar-refractivity contribution >= 4 is 40.8 Å². The molecule has 1 aromatic rings. The van der Waals surface area contributed by atoms with E-state index in [1.54, 1.807) is 0 Å². The molecule has 0 aliphatic rings. The van der Waals surface area contributed by atoms with Crippen LogP contribution in [0.3, 0.4) is 0 Å². The first-order valence-electron chi connectivity index (χ1n) is 4.83. The third-order valence-corrected chi connectivity index (χ3v) is 2.48. The molecule has 0 bridgehead atoms. The Hall–Kier alpha value is -1.92. The third-order valence-electron chi connectivity index (χ3n) is 1.98. The van der Waals surface area contributed by atoms with Gasteiger partial charge in [0.25, 0.3) is 0 Å². The van der Waals surface area contributed by atoms with Crippen LogP contribution in [0.5, 0.6) is 5.75 Å². The van der Waals surface area contributed by atoms with E-state index in [1.807, 2.05) is 0 Å². The Balaban J connectivity index is 3.23. The first-order valence-corrected chi connectivity index (χ1v) is 5.58. The lowest BCUT2D eigenvalue weighted by Crippen LogP contribution is -2.13. The van der Waals surface area contributed by atoms with Crippen LogP contribution >= 0.6 is 23.2 Å². The number of hydrogen-bond acceptors (Lipinski definition) is 4. The molecule has 6 nitrogen and oxygen atoms in total. The monoisotopic (exact) mass is 305 g/mol. The molecule has 0 heterocycles. The van der Waals surface area contributed by atoms with E-state index in [4.69, 9.17) is 38.2 Å². The summed E-state index contributed by atoms with van der Waals surface area (Å²) in [5.74, 6) is -2.69. The maximum absolute atomic E-state index is 10.9. The van der Waals surface area contributed by atoms with Gasteiger partial charge < -0.3 is 20.3 Å². The Labute approximate surface area is 118 Å². The summed E-state index contributed by atoms with van der Waals surface area (Å²) >= 11 is 11.7. The molecule has 1 aromatic carbocycles. The predicted octanol–water partition coefficient (Wildman–Crippen LogP) is 2.47.